The Morgan fingerprint density at radius 2 is 1.48 bits per heavy atom. The summed E-state index contributed by atoms with van der Waals surface area (Å²) in [6, 6.07) is 17.3. The maximum Gasteiger partial charge on any atom is 0.147 e. The molecule has 1 saturated heterocycles. The van der Waals surface area contributed by atoms with Crippen LogP contribution < -0.4 is 9.80 Å². The molecule has 5 heteroatoms. The fraction of sp³-hybridized carbons (Fsp3) is 0.273. The van der Waals surface area contributed by atoms with E-state index in [1.54, 1.807) is 11.8 Å². The quantitative estimate of drug-likeness (QED) is 0.626. The van der Waals surface area contributed by atoms with Crippen molar-refractivity contribution in [1.29, 1.82) is 0 Å². The SMILES string of the molecule is CSc1ccc(-c2cncc(N3CCN(c4ccc(C)cc4)CC3)n2)cc1. The summed E-state index contributed by atoms with van der Waals surface area (Å²) in [5.41, 5.74) is 4.64. The second-order valence-electron chi connectivity index (χ2n) is 6.80. The molecule has 0 aliphatic carbocycles. The van der Waals surface area contributed by atoms with Crippen LogP contribution in [-0.2, 0) is 0 Å². The molecule has 0 bridgehead atoms. The van der Waals surface area contributed by atoms with E-state index in [9.17, 15) is 0 Å². The highest BCUT2D eigenvalue weighted by molar-refractivity contribution is 7.98. The minimum absolute atomic E-state index is 0.932. The Morgan fingerprint density at radius 3 is 2.15 bits per heavy atom. The number of benzene rings is 2. The van der Waals surface area contributed by atoms with Crippen LogP contribution in [0.2, 0.25) is 0 Å². The van der Waals surface area contributed by atoms with E-state index in [1.165, 1.54) is 16.1 Å². The van der Waals surface area contributed by atoms with Gasteiger partial charge in [-0.15, -0.1) is 11.8 Å². The zero-order chi connectivity index (χ0) is 18.6. The fourth-order valence-electron chi connectivity index (χ4n) is 3.36. The predicted octanol–water partition coefficient (Wildman–Crippen LogP) is 4.50. The summed E-state index contributed by atoms with van der Waals surface area (Å²) in [6.07, 6.45) is 5.81. The smallest absolute Gasteiger partial charge is 0.147 e. The van der Waals surface area contributed by atoms with E-state index in [1.807, 2.05) is 12.4 Å². The Balaban J connectivity index is 1.46. The first kappa shape index (κ1) is 17.9. The summed E-state index contributed by atoms with van der Waals surface area (Å²) in [6.45, 7) is 6.03. The molecule has 2 aromatic carbocycles. The highest BCUT2D eigenvalue weighted by atomic mass is 32.2. The highest BCUT2D eigenvalue weighted by Gasteiger charge is 2.19. The lowest BCUT2D eigenvalue weighted by Crippen LogP contribution is -2.46. The number of nitrogens with zero attached hydrogens (tertiary/aromatic N) is 4. The van der Waals surface area contributed by atoms with Crippen molar-refractivity contribution >= 4 is 23.3 Å². The summed E-state index contributed by atoms with van der Waals surface area (Å²) in [5, 5.41) is 0. The molecule has 2 heterocycles. The number of rotatable bonds is 4. The molecular formula is C22H24N4S. The van der Waals surface area contributed by atoms with Crippen LogP contribution in [0.25, 0.3) is 11.3 Å². The highest BCUT2D eigenvalue weighted by Crippen LogP contribution is 2.24. The summed E-state index contributed by atoms with van der Waals surface area (Å²) < 4.78 is 0. The average Bonchev–Trinajstić information content (AvgIpc) is 2.75. The zero-order valence-corrected chi connectivity index (χ0v) is 16.6. The normalized spacial score (nSPS) is 14.4. The van der Waals surface area contributed by atoms with E-state index in [4.69, 9.17) is 4.98 Å². The fourth-order valence-corrected chi connectivity index (χ4v) is 3.77. The Morgan fingerprint density at radius 1 is 0.815 bits per heavy atom. The van der Waals surface area contributed by atoms with Gasteiger partial charge in [0.2, 0.25) is 0 Å². The molecule has 0 unspecified atom stereocenters. The molecule has 3 aromatic rings. The van der Waals surface area contributed by atoms with Gasteiger partial charge in [0.25, 0.3) is 0 Å². The van der Waals surface area contributed by atoms with E-state index in [0.29, 0.717) is 0 Å². The van der Waals surface area contributed by atoms with Crippen molar-refractivity contribution in [2.45, 2.75) is 11.8 Å². The van der Waals surface area contributed by atoms with Crippen LogP contribution in [0.5, 0.6) is 0 Å². The Bertz CT molecular complexity index is 885. The summed E-state index contributed by atoms with van der Waals surface area (Å²) in [7, 11) is 0. The molecule has 1 fully saturated rings. The molecule has 0 amide bonds. The van der Waals surface area contributed by atoms with Gasteiger partial charge in [0.15, 0.2) is 0 Å². The average molecular weight is 377 g/mol. The van der Waals surface area contributed by atoms with E-state index < -0.39 is 0 Å². The van der Waals surface area contributed by atoms with E-state index >= 15 is 0 Å². The first-order valence-corrected chi connectivity index (χ1v) is 10.5. The summed E-state index contributed by atoms with van der Waals surface area (Å²) >= 11 is 1.75. The Hall–Kier alpha value is -2.53. The van der Waals surface area contributed by atoms with Gasteiger partial charge in [-0.1, -0.05) is 29.8 Å². The van der Waals surface area contributed by atoms with Crippen molar-refractivity contribution in [2.24, 2.45) is 0 Å². The molecule has 0 N–H and O–H groups in total. The first-order valence-electron chi connectivity index (χ1n) is 9.26. The number of hydrogen-bond acceptors (Lipinski definition) is 5. The molecule has 0 spiro atoms. The molecule has 0 radical (unpaired) electrons. The zero-order valence-electron chi connectivity index (χ0n) is 15.8. The minimum atomic E-state index is 0.932. The topological polar surface area (TPSA) is 32.3 Å². The molecule has 0 saturated carbocycles. The third-order valence-corrected chi connectivity index (χ3v) is 5.75. The number of aryl methyl sites for hydroxylation is 1. The van der Waals surface area contributed by atoms with Crippen molar-refractivity contribution < 1.29 is 0 Å². The van der Waals surface area contributed by atoms with Gasteiger partial charge in [0, 0.05) is 42.3 Å². The van der Waals surface area contributed by atoms with Gasteiger partial charge in [-0.3, -0.25) is 4.98 Å². The van der Waals surface area contributed by atoms with Crippen LogP contribution in [0.1, 0.15) is 5.56 Å². The van der Waals surface area contributed by atoms with Crippen LogP contribution in [0.4, 0.5) is 11.5 Å². The molecule has 4 rings (SSSR count). The summed E-state index contributed by atoms with van der Waals surface area (Å²) in [4.78, 5) is 15.3. The van der Waals surface area contributed by atoms with Crippen molar-refractivity contribution in [3.05, 3.63) is 66.5 Å². The Labute approximate surface area is 165 Å². The largest absolute Gasteiger partial charge is 0.368 e. The van der Waals surface area contributed by atoms with Gasteiger partial charge in [0.05, 0.1) is 18.1 Å². The molecule has 138 valence electrons. The maximum atomic E-state index is 4.87. The second-order valence-corrected chi connectivity index (χ2v) is 7.68. The lowest BCUT2D eigenvalue weighted by Gasteiger charge is -2.36. The molecule has 0 atom stereocenters. The maximum absolute atomic E-state index is 4.87. The number of thioether (sulfide) groups is 1. The first-order chi connectivity index (χ1) is 13.2. The third-order valence-electron chi connectivity index (χ3n) is 5.01. The number of piperazine rings is 1. The van der Waals surface area contributed by atoms with Crippen molar-refractivity contribution in [2.75, 3.05) is 42.2 Å². The van der Waals surface area contributed by atoms with Gasteiger partial charge < -0.3 is 9.80 Å². The van der Waals surface area contributed by atoms with Crippen LogP contribution in [0.3, 0.4) is 0 Å². The molecular weight excluding hydrogens is 352 g/mol. The van der Waals surface area contributed by atoms with Gasteiger partial charge in [-0.25, -0.2) is 4.98 Å². The lowest BCUT2D eigenvalue weighted by molar-refractivity contribution is 0.646. The van der Waals surface area contributed by atoms with Gasteiger partial charge in [0.1, 0.15) is 5.82 Å². The lowest BCUT2D eigenvalue weighted by atomic mass is 10.1. The monoisotopic (exact) mass is 376 g/mol. The van der Waals surface area contributed by atoms with Crippen molar-refractivity contribution in [3.63, 3.8) is 0 Å². The second kappa shape index (κ2) is 8.01. The molecule has 1 aliphatic heterocycles. The van der Waals surface area contributed by atoms with Crippen LogP contribution in [-0.4, -0.2) is 42.4 Å². The van der Waals surface area contributed by atoms with Crippen molar-refractivity contribution in [3.8, 4) is 11.3 Å². The van der Waals surface area contributed by atoms with Crippen molar-refractivity contribution in [1.82, 2.24) is 9.97 Å². The minimum Gasteiger partial charge on any atom is -0.368 e. The van der Waals surface area contributed by atoms with E-state index in [0.717, 1.165) is 43.3 Å². The van der Waals surface area contributed by atoms with Gasteiger partial charge in [-0.05, 0) is 37.4 Å². The third kappa shape index (κ3) is 4.08. The number of anilines is 2. The number of aromatic nitrogens is 2. The predicted molar refractivity (Wildman–Crippen MR) is 115 cm³/mol. The molecule has 1 aliphatic rings. The molecule has 4 nitrogen and oxygen atoms in total. The standard InChI is InChI=1S/C22H24N4S/c1-17-3-7-19(8-4-17)25-11-13-26(14-12-25)22-16-23-15-21(24-22)18-5-9-20(27-2)10-6-18/h3-10,15-16H,11-14H2,1-2H3. The Kier molecular flexibility index (Phi) is 5.30. The van der Waals surface area contributed by atoms with Gasteiger partial charge in [-0.2, -0.15) is 0 Å². The van der Waals surface area contributed by atoms with Crippen LogP contribution >= 0.6 is 11.8 Å². The van der Waals surface area contributed by atoms with E-state index in [-0.39, 0.29) is 0 Å². The molecule has 1 aromatic heterocycles. The van der Waals surface area contributed by atoms with E-state index in [2.05, 4.69) is 76.5 Å². The number of hydrogen-bond donors (Lipinski definition) is 0. The van der Waals surface area contributed by atoms with Gasteiger partial charge >= 0.3 is 0 Å². The van der Waals surface area contributed by atoms with Crippen LogP contribution in [0, 0.1) is 6.92 Å². The van der Waals surface area contributed by atoms with Crippen LogP contribution in [0.15, 0.2) is 65.8 Å². The molecule has 27 heavy (non-hydrogen) atoms. The summed E-state index contributed by atoms with van der Waals surface area (Å²) in [5.74, 6) is 0.963.